The number of nitrogens with one attached hydrogen (secondary N) is 1. The van der Waals surface area contributed by atoms with Crippen LogP contribution in [-0.4, -0.2) is 30.5 Å². The van der Waals surface area contributed by atoms with Crippen LogP contribution in [0.3, 0.4) is 0 Å². The molecule has 0 rings (SSSR count). The van der Waals surface area contributed by atoms with Crippen LogP contribution in [-0.2, 0) is 4.74 Å². The molecule has 78 valence electrons. The summed E-state index contributed by atoms with van der Waals surface area (Å²) in [6.07, 6.45) is 2.00. The number of aliphatic hydroxyl groups is 1. The first-order valence-electron chi connectivity index (χ1n) is 4.78. The molecule has 1 unspecified atom stereocenters. The van der Waals surface area contributed by atoms with Crippen LogP contribution in [0.1, 0.15) is 33.1 Å². The van der Waals surface area contributed by atoms with Gasteiger partial charge in [0.05, 0.1) is 6.61 Å². The second-order valence-electron chi connectivity index (χ2n) is 2.84. The maximum absolute atomic E-state index is 11.0. The predicted molar refractivity (Wildman–Crippen MR) is 50.6 cm³/mol. The van der Waals surface area contributed by atoms with Crippen LogP contribution < -0.4 is 5.32 Å². The van der Waals surface area contributed by atoms with E-state index >= 15 is 0 Å². The number of hydrogen-bond donors (Lipinski definition) is 2. The van der Waals surface area contributed by atoms with E-state index in [1.54, 1.807) is 6.92 Å². The van der Waals surface area contributed by atoms with Crippen molar-refractivity contribution < 1.29 is 14.6 Å². The van der Waals surface area contributed by atoms with Crippen molar-refractivity contribution >= 4 is 6.09 Å². The summed E-state index contributed by atoms with van der Waals surface area (Å²) in [4.78, 5) is 11.0. The van der Waals surface area contributed by atoms with Crippen LogP contribution in [0.25, 0.3) is 0 Å². The van der Waals surface area contributed by atoms with Gasteiger partial charge in [-0.2, -0.15) is 0 Å². The zero-order chi connectivity index (χ0) is 10.1. The summed E-state index contributed by atoms with van der Waals surface area (Å²) >= 11 is 0. The molecule has 0 fully saturated rings. The predicted octanol–water partition coefficient (Wildman–Crippen LogP) is 1.28. The van der Waals surface area contributed by atoms with E-state index in [9.17, 15) is 4.79 Å². The average Bonchev–Trinajstić information content (AvgIpc) is 2.12. The number of ether oxygens (including phenoxy) is 1. The molecule has 0 aliphatic carbocycles. The number of aliphatic hydroxyl groups excluding tert-OH is 1. The Labute approximate surface area is 79.3 Å². The van der Waals surface area contributed by atoms with E-state index in [0.29, 0.717) is 13.0 Å². The third-order valence-electron chi connectivity index (χ3n) is 1.80. The number of carbonyl (C=O) groups excluding carboxylic acids is 1. The smallest absolute Gasteiger partial charge is 0.407 e. The zero-order valence-electron chi connectivity index (χ0n) is 8.38. The Kier molecular flexibility index (Phi) is 7.39. The van der Waals surface area contributed by atoms with Gasteiger partial charge in [0.2, 0.25) is 0 Å². The molecule has 0 aromatic rings. The summed E-state index contributed by atoms with van der Waals surface area (Å²) in [5, 5.41) is 11.3. The molecule has 0 aromatic heterocycles. The van der Waals surface area contributed by atoms with Crippen LogP contribution in [0, 0.1) is 0 Å². The van der Waals surface area contributed by atoms with E-state index < -0.39 is 0 Å². The van der Waals surface area contributed by atoms with E-state index in [-0.39, 0.29) is 18.7 Å². The number of hydrogen-bond acceptors (Lipinski definition) is 3. The highest BCUT2D eigenvalue weighted by Gasteiger charge is 2.09. The van der Waals surface area contributed by atoms with Crippen molar-refractivity contribution in [2.75, 3.05) is 13.2 Å². The minimum atomic E-state index is -0.368. The fourth-order valence-corrected chi connectivity index (χ4v) is 1.06. The summed E-state index contributed by atoms with van der Waals surface area (Å²) in [5.74, 6) is 0. The van der Waals surface area contributed by atoms with E-state index in [1.807, 2.05) is 6.92 Å². The molecule has 13 heavy (non-hydrogen) atoms. The maximum Gasteiger partial charge on any atom is 0.407 e. The van der Waals surface area contributed by atoms with E-state index in [4.69, 9.17) is 9.84 Å². The van der Waals surface area contributed by atoms with Crippen LogP contribution in [0.5, 0.6) is 0 Å². The fourth-order valence-electron chi connectivity index (χ4n) is 1.06. The van der Waals surface area contributed by atoms with E-state index in [2.05, 4.69) is 5.32 Å². The highest BCUT2D eigenvalue weighted by atomic mass is 16.5. The Balaban J connectivity index is 3.62. The highest BCUT2D eigenvalue weighted by molar-refractivity contribution is 5.67. The number of rotatable bonds is 6. The molecule has 0 heterocycles. The van der Waals surface area contributed by atoms with Crippen LogP contribution in [0.2, 0.25) is 0 Å². The zero-order valence-corrected chi connectivity index (χ0v) is 8.38. The summed E-state index contributed by atoms with van der Waals surface area (Å²) < 4.78 is 4.74. The topological polar surface area (TPSA) is 58.6 Å². The van der Waals surface area contributed by atoms with Gasteiger partial charge in [0.1, 0.15) is 0 Å². The second kappa shape index (κ2) is 7.86. The van der Waals surface area contributed by atoms with Gasteiger partial charge in [-0.25, -0.2) is 4.79 Å². The Bertz CT molecular complexity index is 139. The molecule has 0 aliphatic heterocycles. The van der Waals surface area contributed by atoms with Crippen molar-refractivity contribution in [3.8, 4) is 0 Å². The largest absolute Gasteiger partial charge is 0.450 e. The SMILES string of the molecule is CCOC(=O)NC(CC)CCCO. The molecule has 0 spiro atoms. The van der Waals surface area contributed by atoms with E-state index in [0.717, 1.165) is 12.8 Å². The lowest BCUT2D eigenvalue weighted by Gasteiger charge is -2.15. The molecule has 0 saturated carbocycles. The van der Waals surface area contributed by atoms with Gasteiger partial charge in [0, 0.05) is 12.6 Å². The number of amides is 1. The third kappa shape index (κ3) is 6.40. The molecule has 0 bridgehead atoms. The Morgan fingerprint density at radius 3 is 2.69 bits per heavy atom. The number of carbonyl (C=O) groups is 1. The van der Waals surface area contributed by atoms with Crippen molar-refractivity contribution in [1.29, 1.82) is 0 Å². The average molecular weight is 189 g/mol. The van der Waals surface area contributed by atoms with Gasteiger partial charge >= 0.3 is 6.09 Å². The lowest BCUT2D eigenvalue weighted by Crippen LogP contribution is -2.34. The van der Waals surface area contributed by atoms with Gasteiger partial charge in [0.25, 0.3) is 0 Å². The summed E-state index contributed by atoms with van der Waals surface area (Å²) in [6, 6.07) is 0.117. The van der Waals surface area contributed by atoms with Gasteiger partial charge in [0.15, 0.2) is 0 Å². The molecule has 4 heteroatoms. The third-order valence-corrected chi connectivity index (χ3v) is 1.80. The maximum atomic E-state index is 11.0. The standard InChI is InChI=1S/C9H19NO3/c1-3-8(6-5-7-11)10-9(12)13-4-2/h8,11H,3-7H2,1-2H3,(H,10,12). The lowest BCUT2D eigenvalue weighted by molar-refractivity contribution is 0.146. The van der Waals surface area contributed by atoms with Crippen molar-refractivity contribution in [2.24, 2.45) is 0 Å². The second-order valence-corrected chi connectivity index (χ2v) is 2.84. The molecular weight excluding hydrogens is 170 g/mol. The minimum absolute atomic E-state index is 0.117. The number of alkyl carbamates (subject to hydrolysis) is 1. The first kappa shape index (κ1) is 12.2. The van der Waals surface area contributed by atoms with Crippen molar-refractivity contribution in [2.45, 2.75) is 39.2 Å². The Hall–Kier alpha value is -0.770. The normalized spacial score (nSPS) is 12.2. The quantitative estimate of drug-likeness (QED) is 0.661. The summed E-state index contributed by atoms with van der Waals surface area (Å²) in [7, 11) is 0. The molecule has 0 aromatic carbocycles. The summed E-state index contributed by atoms with van der Waals surface area (Å²) in [6.45, 7) is 4.33. The summed E-state index contributed by atoms with van der Waals surface area (Å²) in [5.41, 5.74) is 0. The molecule has 2 N–H and O–H groups in total. The van der Waals surface area contributed by atoms with Gasteiger partial charge in [-0.1, -0.05) is 6.92 Å². The van der Waals surface area contributed by atoms with Crippen LogP contribution >= 0.6 is 0 Å². The van der Waals surface area contributed by atoms with Gasteiger partial charge in [-0.3, -0.25) is 0 Å². The van der Waals surface area contributed by atoms with Crippen LogP contribution in [0.15, 0.2) is 0 Å². The molecule has 1 atom stereocenters. The van der Waals surface area contributed by atoms with E-state index in [1.165, 1.54) is 0 Å². The van der Waals surface area contributed by atoms with Gasteiger partial charge in [-0.05, 0) is 26.2 Å². The molecule has 4 nitrogen and oxygen atoms in total. The Morgan fingerprint density at radius 2 is 2.23 bits per heavy atom. The van der Waals surface area contributed by atoms with Crippen molar-refractivity contribution in [3.63, 3.8) is 0 Å². The molecule has 1 amide bonds. The van der Waals surface area contributed by atoms with Crippen molar-refractivity contribution in [3.05, 3.63) is 0 Å². The van der Waals surface area contributed by atoms with Gasteiger partial charge in [-0.15, -0.1) is 0 Å². The fraction of sp³-hybridized carbons (Fsp3) is 0.889. The Morgan fingerprint density at radius 1 is 1.54 bits per heavy atom. The monoisotopic (exact) mass is 189 g/mol. The lowest BCUT2D eigenvalue weighted by atomic mass is 10.1. The molecular formula is C9H19NO3. The first-order chi connectivity index (χ1) is 6.24. The molecule has 0 aliphatic rings. The molecule has 0 saturated heterocycles. The van der Waals surface area contributed by atoms with Gasteiger partial charge < -0.3 is 15.2 Å². The van der Waals surface area contributed by atoms with Crippen molar-refractivity contribution in [1.82, 2.24) is 5.32 Å². The first-order valence-corrected chi connectivity index (χ1v) is 4.78. The minimum Gasteiger partial charge on any atom is -0.450 e. The van der Waals surface area contributed by atoms with Crippen LogP contribution in [0.4, 0.5) is 4.79 Å². The highest BCUT2D eigenvalue weighted by Crippen LogP contribution is 2.01. The molecule has 0 radical (unpaired) electrons.